The number of aryl methyl sites for hydroxylation is 1. The number of fused-ring (bicyclic) bond motifs is 1. The van der Waals surface area contributed by atoms with Gasteiger partial charge in [-0.3, -0.25) is 0 Å². The zero-order valence-electron chi connectivity index (χ0n) is 14.6. The van der Waals surface area contributed by atoms with E-state index in [4.69, 9.17) is 20.4 Å². The Morgan fingerprint density at radius 2 is 1.89 bits per heavy atom. The maximum absolute atomic E-state index is 12.1. The van der Waals surface area contributed by atoms with Crippen LogP contribution in [0.5, 0.6) is 0 Å². The molecule has 0 bridgehead atoms. The summed E-state index contributed by atoms with van der Waals surface area (Å²) in [6.45, 7) is 3.32. The molecule has 2 aromatic carbocycles. The van der Waals surface area contributed by atoms with Crippen molar-refractivity contribution in [2.75, 3.05) is 5.75 Å². The fourth-order valence-electron chi connectivity index (χ4n) is 2.86. The van der Waals surface area contributed by atoms with E-state index in [9.17, 15) is 8.42 Å². The molecule has 138 valence electrons. The molecule has 4 rings (SSSR count). The van der Waals surface area contributed by atoms with E-state index in [1.165, 1.54) is 6.07 Å². The molecule has 0 saturated heterocycles. The Bertz CT molecular complexity index is 1260. The van der Waals surface area contributed by atoms with Crippen molar-refractivity contribution in [2.24, 2.45) is 0 Å². The fraction of sp³-hybridized carbons (Fsp3) is 0.158. The van der Waals surface area contributed by atoms with Crippen molar-refractivity contribution in [1.29, 1.82) is 0 Å². The van der Waals surface area contributed by atoms with E-state index in [1.807, 2.05) is 18.2 Å². The molecule has 0 saturated carbocycles. The van der Waals surface area contributed by atoms with Gasteiger partial charge in [-0.1, -0.05) is 24.6 Å². The summed E-state index contributed by atoms with van der Waals surface area (Å²) in [5.41, 5.74) is 2.87. The fourth-order valence-corrected chi connectivity index (χ4v) is 4.11. The Morgan fingerprint density at radius 3 is 2.56 bits per heavy atom. The molecule has 8 heteroatoms. The van der Waals surface area contributed by atoms with Crippen LogP contribution in [0.15, 0.2) is 56.4 Å². The largest absolute Gasteiger partial charge is 0.464 e. The summed E-state index contributed by atoms with van der Waals surface area (Å²) in [6, 6.07) is 10.3. The Balaban J connectivity index is 1.84. The molecular weight excluding hydrogens is 388 g/mol. The van der Waals surface area contributed by atoms with Crippen LogP contribution in [0, 0.1) is 6.92 Å². The van der Waals surface area contributed by atoms with Gasteiger partial charge in [0, 0.05) is 34.0 Å². The van der Waals surface area contributed by atoms with E-state index in [-0.39, 0.29) is 10.6 Å². The minimum Gasteiger partial charge on any atom is -0.464 e. The normalized spacial score (nSPS) is 12.0. The van der Waals surface area contributed by atoms with Gasteiger partial charge in [-0.05, 0) is 30.3 Å². The second-order valence-corrected chi connectivity index (χ2v) is 8.72. The second kappa shape index (κ2) is 6.51. The lowest BCUT2D eigenvalue weighted by Crippen LogP contribution is -2.03. The third-order valence-electron chi connectivity index (χ3n) is 4.32. The van der Waals surface area contributed by atoms with Crippen molar-refractivity contribution in [2.45, 2.75) is 18.7 Å². The van der Waals surface area contributed by atoms with E-state index in [2.05, 4.69) is 10.2 Å². The number of rotatable bonds is 4. The monoisotopic (exact) mass is 402 g/mol. The number of aromatic nitrogens is 2. The van der Waals surface area contributed by atoms with Gasteiger partial charge in [-0.2, -0.15) is 0 Å². The first-order valence-corrected chi connectivity index (χ1v) is 10.3. The Morgan fingerprint density at radius 1 is 1.07 bits per heavy atom. The highest BCUT2D eigenvalue weighted by atomic mass is 35.5. The van der Waals surface area contributed by atoms with Crippen LogP contribution < -0.4 is 0 Å². The van der Waals surface area contributed by atoms with Crippen molar-refractivity contribution < 1.29 is 17.3 Å². The van der Waals surface area contributed by atoms with Crippen LogP contribution in [-0.4, -0.2) is 24.4 Å². The summed E-state index contributed by atoms with van der Waals surface area (Å²) in [6.07, 6.45) is 1.60. The van der Waals surface area contributed by atoms with Gasteiger partial charge in [-0.25, -0.2) is 8.42 Å². The van der Waals surface area contributed by atoms with Crippen molar-refractivity contribution in [3.8, 4) is 22.6 Å². The molecule has 0 radical (unpaired) electrons. The highest BCUT2D eigenvalue weighted by Gasteiger charge is 2.17. The van der Waals surface area contributed by atoms with E-state index >= 15 is 0 Å². The van der Waals surface area contributed by atoms with E-state index in [0.29, 0.717) is 28.0 Å². The van der Waals surface area contributed by atoms with Gasteiger partial charge >= 0.3 is 0 Å². The molecule has 0 aliphatic heterocycles. The molecular formula is C19H15ClN2O4S. The molecule has 0 atom stereocenters. The molecule has 0 spiro atoms. The van der Waals surface area contributed by atoms with E-state index < -0.39 is 9.84 Å². The molecule has 0 aliphatic rings. The summed E-state index contributed by atoms with van der Waals surface area (Å²) in [4.78, 5) is 0.202. The standard InChI is InChI=1S/C19H15ClN2O4S/c1-3-27(23,24)13-5-6-14(17(20)9-13)16-10-25-18-7-4-12(8-15(16)18)19-22-21-11(2)26-19/h4-10H,3H2,1-2H3. The third kappa shape index (κ3) is 3.13. The lowest BCUT2D eigenvalue weighted by Gasteiger charge is -2.06. The van der Waals surface area contributed by atoms with Crippen LogP contribution in [0.2, 0.25) is 5.02 Å². The topological polar surface area (TPSA) is 86.2 Å². The Hall–Kier alpha value is -2.64. The summed E-state index contributed by atoms with van der Waals surface area (Å²) in [5, 5.41) is 9.04. The highest BCUT2D eigenvalue weighted by Crippen LogP contribution is 2.37. The first-order valence-electron chi connectivity index (χ1n) is 8.23. The predicted octanol–water partition coefficient (Wildman–Crippen LogP) is 4.91. The highest BCUT2D eigenvalue weighted by molar-refractivity contribution is 7.91. The first-order chi connectivity index (χ1) is 12.9. The Labute approximate surface area is 160 Å². The lowest BCUT2D eigenvalue weighted by atomic mass is 10.0. The van der Waals surface area contributed by atoms with Crippen LogP contribution in [-0.2, 0) is 9.84 Å². The SMILES string of the molecule is CCS(=O)(=O)c1ccc(-c2coc3ccc(-c4nnc(C)o4)cc23)c(Cl)c1. The number of furan rings is 1. The van der Waals surface area contributed by atoms with Crippen molar-refractivity contribution in [3.63, 3.8) is 0 Å². The zero-order valence-corrected chi connectivity index (χ0v) is 16.1. The molecule has 0 unspecified atom stereocenters. The van der Waals surface area contributed by atoms with Gasteiger partial charge in [0.1, 0.15) is 5.58 Å². The summed E-state index contributed by atoms with van der Waals surface area (Å²) in [5.74, 6) is 0.912. The van der Waals surface area contributed by atoms with Crippen molar-refractivity contribution in [3.05, 3.63) is 53.6 Å². The molecule has 27 heavy (non-hydrogen) atoms. The quantitative estimate of drug-likeness (QED) is 0.482. The molecule has 0 amide bonds. The molecule has 4 aromatic rings. The summed E-state index contributed by atoms with van der Waals surface area (Å²) >= 11 is 6.40. The number of benzene rings is 2. The molecule has 0 aliphatic carbocycles. The average molecular weight is 403 g/mol. The van der Waals surface area contributed by atoms with Gasteiger partial charge in [0.15, 0.2) is 9.84 Å². The summed E-state index contributed by atoms with van der Waals surface area (Å²) < 4.78 is 35.2. The molecule has 2 aromatic heterocycles. The van der Waals surface area contributed by atoms with Gasteiger partial charge in [-0.15, -0.1) is 10.2 Å². The lowest BCUT2D eigenvalue weighted by molar-refractivity contribution is 0.533. The number of hydrogen-bond donors (Lipinski definition) is 0. The second-order valence-electron chi connectivity index (χ2n) is 6.03. The third-order valence-corrected chi connectivity index (χ3v) is 6.36. The van der Waals surface area contributed by atoms with Gasteiger partial charge in [0.2, 0.25) is 11.8 Å². The van der Waals surface area contributed by atoms with Gasteiger partial charge in [0.05, 0.1) is 16.9 Å². The van der Waals surface area contributed by atoms with Gasteiger partial charge < -0.3 is 8.83 Å². The van der Waals surface area contributed by atoms with Crippen LogP contribution in [0.25, 0.3) is 33.6 Å². The number of hydrogen-bond acceptors (Lipinski definition) is 6. The van der Waals surface area contributed by atoms with E-state index in [1.54, 1.807) is 32.2 Å². The minimum absolute atomic E-state index is 0.0181. The number of sulfone groups is 1. The molecule has 2 heterocycles. The minimum atomic E-state index is -3.32. The van der Waals surface area contributed by atoms with Crippen molar-refractivity contribution >= 4 is 32.4 Å². The number of nitrogens with zero attached hydrogens (tertiary/aromatic N) is 2. The maximum atomic E-state index is 12.1. The maximum Gasteiger partial charge on any atom is 0.247 e. The Kier molecular flexibility index (Phi) is 4.28. The molecule has 0 fully saturated rings. The zero-order chi connectivity index (χ0) is 19.2. The molecule has 0 N–H and O–H groups in total. The van der Waals surface area contributed by atoms with Crippen LogP contribution in [0.1, 0.15) is 12.8 Å². The van der Waals surface area contributed by atoms with Crippen LogP contribution >= 0.6 is 11.6 Å². The van der Waals surface area contributed by atoms with Crippen molar-refractivity contribution in [1.82, 2.24) is 10.2 Å². The smallest absolute Gasteiger partial charge is 0.247 e. The average Bonchev–Trinajstić information content (AvgIpc) is 3.27. The number of halogens is 1. The summed E-state index contributed by atoms with van der Waals surface area (Å²) in [7, 11) is -3.32. The van der Waals surface area contributed by atoms with Crippen LogP contribution in [0.4, 0.5) is 0 Å². The van der Waals surface area contributed by atoms with Gasteiger partial charge in [0.25, 0.3) is 0 Å². The predicted molar refractivity (Wildman–Crippen MR) is 102 cm³/mol. The van der Waals surface area contributed by atoms with Crippen LogP contribution in [0.3, 0.4) is 0 Å². The molecule has 6 nitrogen and oxygen atoms in total. The van der Waals surface area contributed by atoms with E-state index in [0.717, 1.165) is 16.5 Å². The first kappa shape index (κ1) is 17.8.